The number of para-hydroxylation sites is 1. The average Bonchev–Trinajstić information content (AvgIpc) is 3.43. The Morgan fingerprint density at radius 1 is 1.17 bits per heavy atom. The molecule has 1 aromatic carbocycles. The summed E-state index contributed by atoms with van der Waals surface area (Å²) in [4.78, 5) is 15.6. The molecule has 0 saturated carbocycles. The second kappa shape index (κ2) is 11.1. The number of hydrogen-bond acceptors (Lipinski definition) is 5. The van der Waals surface area contributed by atoms with Gasteiger partial charge in [0, 0.05) is 44.0 Å². The van der Waals surface area contributed by atoms with Crippen LogP contribution in [0.15, 0.2) is 60.1 Å². The van der Waals surface area contributed by atoms with Crippen molar-refractivity contribution in [3.8, 4) is 16.3 Å². The maximum Gasteiger partial charge on any atom is 0.244 e. The summed E-state index contributed by atoms with van der Waals surface area (Å²) in [6, 6.07) is 14.0. The van der Waals surface area contributed by atoms with Crippen LogP contribution >= 0.6 is 23.7 Å². The first-order chi connectivity index (χ1) is 14.3. The second-order valence-electron chi connectivity index (χ2n) is 6.77. The second-order valence-corrected chi connectivity index (χ2v) is 7.72. The van der Waals surface area contributed by atoms with E-state index in [2.05, 4.69) is 10.2 Å². The summed E-state index contributed by atoms with van der Waals surface area (Å²) in [6.07, 6.45) is 5.39. The molecule has 1 N–H and O–H groups in total. The lowest BCUT2D eigenvalue weighted by molar-refractivity contribution is -0.116. The largest absolute Gasteiger partial charge is 0.379 e. The number of rotatable bonds is 7. The first kappa shape index (κ1) is 22.2. The van der Waals surface area contributed by atoms with Gasteiger partial charge in [-0.1, -0.05) is 24.3 Å². The van der Waals surface area contributed by atoms with E-state index in [1.807, 2.05) is 64.8 Å². The molecule has 3 heterocycles. The Morgan fingerprint density at radius 3 is 2.70 bits per heavy atom. The number of carbonyl (C=O) groups excluding carboxylic acids is 1. The predicted octanol–water partition coefficient (Wildman–Crippen LogP) is 3.48. The van der Waals surface area contributed by atoms with Gasteiger partial charge < -0.3 is 10.1 Å². The highest BCUT2D eigenvalue weighted by Crippen LogP contribution is 2.28. The monoisotopic (exact) mass is 444 g/mol. The number of hydrogen-bond donors (Lipinski definition) is 1. The maximum atomic E-state index is 12.3. The number of morpholine rings is 1. The van der Waals surface area contributed by atoms with Crippen LogP contribution in [-0.4, -0.2) is 60.0 Å². The molecule has 0 atom stereocenters. The molecule has 1 fully saturated rings. The van der Waals surface area contributed by atoms with Gasteiger partial charge in [0.2, 0.25) is 5.91 Å². The number of amides is 1. The van der Waals surface area contributed by atoms with Gasteiger partial charge in [-0.25, -0.2) is 4.68 Å². The van der Waals surface area contributed by atoms with Crippen LogP contribution in [0.4, 0.5) is 0 Å². The molecule has 1 aliphatic heterocycles. The molecule has 4 rings (SSSR count). The summed E-state index contributed by atoms with van der Waals surface area (Å²) in [5.41, 5.74) is 2.78. The first-order valence-electron chi connectivity index (χ1n) is 9.74. The lowest BCUT2D eigenvalue weighted by atomic mass is 10.2. The smallest absolute Gasteiger partial charge is 0.244 e. The highest BCUT2D eigenvalue weighted by atomic mass is 35.5. The van der Waals surface area contributed by atoms with Crippen molar-refractivity contribution in [2.24, 2.45) is 0 Å². The summed E-state index contributed by atoms with van der Waals surface area (Å²) in [5, 5.41) is 9.74. The lowest BCUT2D eigenvalue weighted by Crippen LogP contribution is -2.41. The summed E-state index contributed by atoms with van der Waals surface area (Å²) in [7, 11) is 0. The highest BCUT2D eigenvalue weighted by molar-refractivity contribution is 7.13. The molecule has 158 valence electrons. The van der Waals surface area contributed by atoms with Crippen LogP contribution < -0.4 is 5.32 Å². The molecular weight excluding hydrogens is 420 g/mol. The number of halogens is 1. The van der Waals surface area contributed by atoms with Crippen LogP contribution in [0.2, 0.25) is 0 Å². The molecule has 1 amide bonds. The van der Waals surface area contributed by atoms with Crippen LogP contribution in [0.25, 0.3) is 22.3 Å². The van der Waals surface area contributed by atoms with Crippen LogP contribution in [-0.2, 0) is 9.53 Å². The van der Waals surface area contributed by atoms with Crippen molar-refractivity contribution in [1.29, 1.82) is 0 Å². The fourth-order valence-corrected chi connectivity index (χ4v) is 3.94. The van der Waals surface area contributed by atoms with Gasteiger partial charge in [-0.3, -0.25) is 9.69 Å². The van der Waals surface area contributed by atoms with Gasteiger partial charge in [-0.05, 0) is 29.7 Å². The first-order valence-corrected chi connectivity index (χ1v) is 10.6. The Bertz CT molecular complexity index is 951. The number of nitrogens with one attached hydrogen (secondary N) is 1. The fourth-order valence-electron chi connectivity index (χ4n) is 3.21. The summed E-state index contributed by atoms with van der Waals surface area (Å²) < 4.78 is 7.20. The Morgan fingerprint density at radius 2 is 1.97 bits per heavy atom. The molecule has 6 nitrogen and oxygen atoms in total. The third-order valence-electron chi connectivity index (χ3n) is 4.76. The predicted molar refractivity (Wildman–Crippen MR) is 123 cm³/mol. The van der Waals surface area contributed by atoms with Crippen LogP contribution in [0, 0.1) is 0 Å². The standard InChI is InChI=1S/C22H24N4O2S.ClH/c27-21(23-10-11-25-12-14-28-15-13-25)9-8-18-17-26(19-5-2-1-3-6-19)24-22(18)20-7-4-16-29-20;/h1-9,16-17H,10-15H2,(H,23,27);1H/b9-8+;. The molecule has 3 aromatic rings. The van der Waals surface area contributed by atoms with E-state index in [0.717, 1.165) is 54.7 Å². The van der Waals surface area contributed by atoms with Gasteiger partial charge in [0.15, 0.2) is 0 Å². The average molecular weight is 445 g/mol. The molecule has 0 spiro atoms. The minimum atomic E-state index is -0.0946. The molecule has 0 radical (unpaired) electrons. The topological polar surface area (TPSA) is 59.4 Å². The summed E-state index contributed by atoms with van der Waals surface area (Å²) in [6.45, 7) is 4.86. The zero-order valence-electron chi connectivity index (χ0n) is 16.6. The Labute approximate surface area is 186 Å². The van der Waals surface area contributed by atoms with Crippen molar-refractivity contribution in [3.05, 3.63) is 65.7 Å². The third kappa shape index (κ3) is 5.79. The third-order valence-corrected chi connectivity index (χ3v) is 5.64. The Kier molecular flexibility index (Phi) is 8.21. The quantitative estimate of drug-likeness (QED) is 0.567. The van der Waals surface area contributed by atoms with Gasteiger partial charge in [-0.2, -0.15) is 5.10 Å². The van der Waals surface area contributed by atoms with Crippen LogP contribution in [0.1, 0.15) is 5.56 Å². The van der Waals surface area contributed by atoms with Gasteiger partial charge in [0.1, 0.15) is 5.69 Å². The van der Waals surface area contributed by atoms with Crippen molar-refractivity contribution in [3.63, 3.8) is 0 Å². The number of nitrogens with zero attached hydrogens (tertiary/aromatic N) is 3. The molecule has 2 aromatic heterocycles. The maximum absolute atomic E-state index is 12.3. The van der Waals surface area contributed by atoms with E-state index in [-0.39, 0.29) is 18.3 Å². The van der Waals surface area contributed by atoms with E-state index >= 15 is 0 Å². The summed E-state index contributed by atoms with van der Waals surface area (Å²) >= 11 is 1.64. The van der Waals surface area contributed by atoms with Gasteiger partial charge in [-0.15, -0.1) is 23.7 Å². The molecule has 1 aliphatic rings. The van der Waals surface area contributed by atoms with Crippen LogP contribution in [0.5, 0.6) is 0 Å². The van der Waals surface area contributed by atoms with Crippen LogP contribution in [0.3, 0.4) is 0 Å². The minimum absolute atomic E-state index is 0. The number of aromatic nitrogens is 2. The number of carbonyl (C=O) groups is 1. The number of thiophene rings is 1. The fraction of sp³-hybridized carbons (Fsp3) is 0.273. The van der Waals surface area contributed by atoms with Crippen molar-refractivity contribution < 1.29 is 9.53 Å². The number of ether oxygens (including phenoxy) is 1. The zero-order valence-corrected chi connectivity index (χ0v) is 18.2. The Hall–Kier alpha value is -2.45. The molecule has 1 saturated heterocycles. The SMILES string of the molecule is Cl.O=C(/C=C/c1cn(-c2ccccc2)nc1-c1cccs1)NCCN1CCOCC1. The van der Waals surface area contributed by atoms with E-state index in [1.165, 1.54) is 0 Å². The molecule has 0 unspecified atom stereocenters. The molecular formula is C22H25ClN4O2S. The number of benzene rings is 1. The Balaban J connectivity index is 0.00000256. The van der Waals surface area contributed by atoms with E-state index in [0.29, 0.717) is 6.54 Å². The molecule has 8 heteroatoms. The minimum Gasteiger partial charge on any atom is -0.379 e. The van der Waals surface area contributed by atoms with Gasteiger partial charge in [0.25, 0.3) is 0 Å². The molecule has 30 heavy (non-hydrogen) atoms. The normalized spacial score (nSPS) is 14.5. The van der Waals surface area contributed by atoms with Crippen molar-refractivity contribution in [2.75, 3.05) is 39.4 Å². The summed E-state index contributed by atoms with van der Waals surface area (Å²) in [5.74, 6) is -0.0946. The highest BCUT2D eigenvalue weighted by Gasteiger charge is 2.12. The van der Waals surface area contributed by atoms with E-state index < -0.39 is 0 Å². The van der Waals surface area contributed by atoms with E-state index in [9.17, 15) is 4.79 Å². The molecule has 0 aliphatic carbocycles. The van der Waals surface area contributed by atoms with Gasteiger partial charge in [0.05, 0.1) is 23.8 Å². The van der Waals surface area contributed by atoms with E-state index in [4.69, 9.17) is 9.84 Å². The van der Waals surface area contributed by atoms with Crippen molar-refractivity contribution in [2.45, 2.75) is 0 Å². The van der Waals surface area contributed by atoms with Crippen molar-refractivity contribution in [1.82, 2.24) is 20.0 Å². The van der Waals surface area contributed by atoms with E-state index in [1.54, 1.807) is 17.4 Å². The zero-order chi connectivity index (χ0) is 19.9. The van der Waals surface area contributed by atoms with Crippen molar-refractivity contribution >= 4 is 35.7 Å². The van der Waals surface area contributed by atoms with Gasteiger partial charge >= 0.3 is 0 Å². The molecule has 0 bridgehead atoms. The lowest BCUT2D eigenvalue weighted by Gasteiger charge is -2.26.